The number of hydrogen-bond donors (Lipinski definition) is 0. The van der Waals surface area contributed by atoms with Crippen molar-refractivity contribution in [1.82, 2.24) is 19.8 Å². The summed E-state index contributed by atoms with van der Waals surface area (Å²) in [5.74, 6) is 0.836. The van der Waals surface area contributed by atoms with Crippen molar-refractivity contribution in [3.8, 4) is 0 Å². The van der Waals surface area contributed by atoms with Gasteiger partial charge in [-0.05, 0) is 39.2 Å². The molecule has 2 aromatic rings. The minimum Gasteiger partial charge on any atom is -0.469 e. The zero-order valence-electron chi connectivity index (χ0n) is 16.5. The molecule has 0 unspecified atom stereocenters. The van der Waals surface area contributed by atoms with Crippen molar-refractivity contribution in [1.29, 1.82) is 0 Å². The molecule has 4 heterocycles. The summed E-state index contributed by atoms with van der Waals surface area (Å²) in [4.78, 5) is 38.0. The van der Waals surface area contributed by atoms with Crippen LogP contribution >= 0.6 is 0 Å². The fraction of sp³-hybridized carbons (Fsp3) is 0.524. The van der Waals surface area contributed by atoms with Crippen LogP contribution in [0.15, 0.2) is 29.1 Å². The number of nitrogens with zero attached hydrogens (tertiary/aromatic N) is 4. The lowest BCUT2D eigenvalue weighted by Crippen LogP contribution is -2.54. The monoisotopic (exact) mass is 382 g/mol. The molecule has 2 saturated heterocycles. The molecular formula is C21H26N4O3. The first-order valence-corrected chi connectivity index (χ1v) is 9.84. The van der Waals surface area contributed by atoms with E-state index in [9.17, 15) is 9.59 Å². The van der Waals surface area contributed by atoms with E-state index in [1.807, 2.05) is 23.6 Å². The summed E-state index contributed by atoms with van der Waals surface area (Å²) >= 11 is 0. The van der Waals surface area contributed by atoms with E-state index in [1.54, 1.807) is 24.7 Å². The standard InChI is InChI=1S/C21H26N4O3/c1-15-10-23-17(11-22-15)12-25-14-21(7-4-19(25)26)6-3-8-24(13-21)20(27)18-5-9-28-16(18)2/h5,9-11H,3-4,6-8,12-14H2,1-2H3/t21-/m0/s1. The summed E-state index contributed by atoms with van der Waals surface area (Å²) in [7, 11) is 0. The molecule has 2 amide bonds. The molecule has 0 aliphatic carbocycles. The Morgan fingerprint density at radius 3 is 2.79 bits per heavy atom. The predicted octanol–water partition coefficient (Wildman–Crippen LogP) is 2.73. The Bertz CT molecular complexity index is 876. The average molecular weight is 382 g/mol. The van der Waals surface area contributed by atoms with Crippen molar-refractivity contribution < 1.29 is 14.0 Å². The van der Waals surface area contributed by atoms with E-state index in [-0.39, 0.29) is 17.2 Å². The summed E-state index contributed by atoms with van der Waals surface area (Å²) in [6.07, 6.45) is 8.36. The Kier molecular flexibility index (Phi) is 4.91. The highest BCUT2D eigenvalue weighted by molar-refractivity contribution is 5.95. The molecule has 4 rings (SSSR count). The maximum Gasteiger partial charge on any atom is 0.257 e. The van der Waals surface area contributed by atoms with E-state index in [0.717, 1.165) is 37.2 Å². The van der Waals surface area contributed by atoms with Gasteiger partial charge >= 0.3 is 0 Å². The molecule has 2 aromatic heterocycles. The number of aryl methyl sites for hydroxylation is 2. The van der Waals surface area contributed by atoms with Gasteiger partial charge in [-0.15, -0.1) is 0 Å². The maximum atomic E-state index is 12.9. The van der Waals surface area contributed by atoms with Crippen LogP contribution in [0.3, 0.4) is 0 Å². The van der Waals surface area contributed by atoms with Gasteiger partial charge in [0.15, 0.2) is 0 Å². The fourth-order valence-electron chi connectivity index (χ4n) is 4.43. The van der Waals surface area contributed by atoms with E-state index < -0.39 is 0 Å². The van der Waals surface area contributed by atoms with E-state index in [0.29, 0.717) is 37.4 Å². The third-order valence-electron chi connectivity index (χ3n) is 5.97. The molecule has 0 radical (unpaired) electrons. The van der Waals surface area contributed by atoms with Crippen LogP contribution in [-0.2, 0) is 11.3 Å². The summed E-state index contributed by atoms with van der Waals surface area (Å²) in [6.45, 7) is 6.28. The van der Waals surface area contributed by atoms with Crippen LogP contribution in [-0.4, -0.2) is 51.2 Å². The van der Waals surface area contributed by atoms with Gasteiger partial charge in [0.25, 0.3) is 5.91 Å². The minimum atomic E-state index is -0.0441. The highest BCUT2D eigenvalue weighted by Crippen LogP contribution is 2.39. The summed E-state index contributed by atoms with van der Waals surface area (Å²) in [5.41, 5.74) is 2.25. The summed E-state index contributed by atoms with van der Waals surface area (Å²) in [5, 5.41) is 0. The lowest BCUT2D eigenvalue weighted by Gasteiger charge is -2.48. The Balaban J connectivity index is 1.48. The Morgan fingerprint density at radius 2 is 2.07 bits per heavy atom. The molecule has 28 heavy (non-hydrogen) atoms. The van der Waals surface area contributed by atoms with Crippen LogP contribution in [0, 0.1) is 19.3 Å². The number of hydrogen-bond acceptors (Lipinski definition) is 5. The normalized spacial score (nSPS) is 22.7. The van der Waals surface area contributed by atoms with Crippen molar-refractivity contribution >= 4 is 11.8 Å². The number of furan rings is 1. The molecule has 1 atom stereocenters. The first-order chi connectivity index (χ1) is 13.5. The van der Waals surface area contributed by atoms with Crippen LogP contribution in [0.2, 0.25) is 0 Å². The van der Waals surface area contributed by atoms with E-state index in [2.05, 4.69) is 9.97 Å². The second-order valence-electron chi connectivity index (χ2n) is 8.12. The van der Waals surface area contributed by atoms with Crippen LogP contribution in [0.5, 0.6) is 0 Å². The number of rotatable bonds is 3. The number of amides is 2. The second-order valence-corrected chi connectivity index (χ2v) is 8.12. The van der Waals surface area contributed by atoms with Crippen molar-refractivity contribution in [3.05, 3.63) is 47.4 Å². The van der Waals surface area contributed by atoms with Crippen LogP contribution in [0.4, 0.5) is 0 Å². The number of carbonyl (C=O) groups excluding carboxylic acids is 2. The molecule has 1 spiro atoms. The van der Waals surface area contributed by atoms with E-state index in [4.69, 9.17) is 4.42 Å². The molecule has 0 saturated carbocycles. The third kappa shape index (κ3) is 3.66. The van der Waals surface area contributed by atoms with Gasteiger partial charge < -0.3 is 14.2 Å². The topological polar surface area (TPSA) is 79.5 Å². The molecule has 2 aliphatic heterocycles. The smallest absolute Gasteiger partial charge is 0.257 e. The maximum absolute atomic E-state index is 12.9. The molecule has 7 nitrogen and oxygen atoms in total. The zero-order valence-corrected chi connectivity index (χ0v) is 16.5. The highest BCUT2D eigenvalue weighted by atomic mass is 16.3. The molecule has 0 aromatic carbocycles. The number of aromatic nitrogens is 2. The van der Waals surface area contributed by atoms with Crippen molar-refractivity contribution in [2.45, 2.75) is 46.1 Å². The summed E-state index contributed by atoms with van der Waals surface area (Å²) in [6, 6.07) is 1.74. The lowest BCUT2D eigenvalue weighted by atomic mass is 9.73. The van der Waals surface area contributed by atoms with Crippen molar-refractivity contribution in [2.24, 2.45) is 5.41 Å². The molecule has 148 valence electrons. The van der Waals surface area contributed by atoms with Crippen LogP contribution in [0.1, 0.15) is 53.2 Å². The van der Waals surface area contributed by atoms with Gasteiger partial charge in [-0.25, -0.2) is 0 Å². The van der Waals surface area contributed by atoms with E-state index >= 15 is 0 Å². The third-order valence-corrected chi connectivity index (χ3v) is 5.97. The number of piperidine rings is 2. The van der Waals surface area contributed by atoms with E-state index in [1.165, 1.54) is 0 Å². The summed E-state index contributed by atoms with van der Waals surface area (Å²) < 4.78 is 5.31. The van der Waals surface area contributed by atoms with Gasteiger partial charge in [-0.1, -0.05) is 0 Å². The largest absolute Gasteiger partial charge is 0.469 e. The Labute approximate surface area is 164 Å². The second kappa shape index (κ2) is 7.37. The molecule has 2 fully saturated rings. The fourth-order valence-corrected chi connectivity index (χ4v) is 4.43. The number of carbonyl (C=O) groups is 2. The van der Waals surface area contributed by atoms with Crippen LogP contribution in [0.25, 0.3) is 0 Å². The number of likely N-dealkylation sites (tertiary alicyclic amines) is 2. The van der Waals surface area contributed by atoms with Gasteiger partial charge in [0, 0.05) is 37.7 Å². The first kappa shape index (κ1) is 18.7. The molecule has 0 N–H and O–H groups in total. The molecule has 7 heteroatoms. The Hall–Kier alpha value is -2.70. The molecular weight excluding hydrogens is 356 g/mol. The van der Waals surface area contributed by atoms with Crippen LogP contribution < -0.4 is 0 Å². The van der Waals surface area contributed by atoms with Gasteiger partial charge in [0.05, 0.1) is 36.0 Å². The lowest BCUT2D eigenvalue weighted by molar-refractivity contribution is -0.139. The molecule has 2 aliphatic rings. The quantitative estimate of drug-likeness (QED) is 0.815. The SMILES string of the molecule is Cc1cnc(CN2C[C@@]3(CCCN(C(=O)c4ccoc4C)C3)CCC2=O)cn1. The highest BCUT2D eigenvalue weighted by Gasteiger charge is 2.43. The van der Waals surface area contributed by atoms with Crippen molar-refractivity contribution in [2.75, 3.05) is 19.6 Å². The predicted molar refractivity (Wildman–Crippen MR) is 102 cm³/mol. The minimum absolute atomic E-state index is 0.0261. The zero-order chi connectivity index (χ0) is 19.7. The van der Waals surface area contributed by atoms with Gasteiger partial charge in [-0.2, -0.15) is 0 Å². The van der Waals surface area contributed by atoms with Gasteiger partial charge in [0.2, 0.25) is 5.91 Å². The van der Waals surface area contributed by atoms with Gasteiger partial charge in [0.1, 0.15) is 5.76 Å². The van der Waals surface area contributed by atoms with Crippen molar-refractivity contribution in [3.63, 3.8) is 0 Å². The average Bonchev–Trinajstić information content (AvgIpc) is 3.12. The Morgan fingerprint density at radius 1 is 1.21 bits per heavy atom. The molecule has 0 bridgehead atoms. The van der Waals surface area contributed by atoms with Gasteiger partial charge in [-0.3, -0.25) is 19.6 Å². The first-order valence-electron chi connectivity index (χ1n) is 9.84.